The molecule has 0 aliphatic carbocycles. The molecule has 0 bridgehead atoms. The van der Waals surface area contributed by atoms with Crippen molar-refractivity contribution < 1.29 is 9.53 Å². The fraction of sp³-hybridized carbons (Fsp3) is 0.125. The van der Waals surface area contributed by atoms with Crippen LogP contribution >= 0.6 is 0 Å². The van der Waals surface area contributed by atoms with Gasteiger partial charge in [0.1, 0.15) is 5.75 Å². The van der Waals surface area contributed by atoms with E-state index in [4.69, 9.17) is 10.5 Å². The zero-order valence-corrected chi connectivity index (χ0v) is 12.3. The van der Waals surface area contributed by atoms with E-state index < -0.39 is 0 Å². The number of aryl methyl sites for hydroxylation is 1. The molecule has 3 aromatic rings. The molecule has 0 saturated carbocycles. The van der Waals surface area contributed by atoms with Gasteiger partial charge in [0.25, 0.3) is 5.91 Å². The van der Waals surface area contributed by atoms with Gasteiger partial charge in [-0.15, -0.1) is 0 Å². The molecule has 0 atom stereocenters. The van der Waals surface area contributed by atoms with E-state index >= 15 is 0 Å². The van der Waals surface area contributed by atoms with E-state index in [0.717, 1.165) is 10.9 Å². The van der Waals surface area contributed by atoms with E-state index in [9.17, 15) is 4.79 Å². The summed E-state index contributed by atoms with van der Waals surface area (Å²) in [6, 6.07) is 10.6. The Balaban J connectivity index is 1.87. The molecule has 0 aliphatic rings. The molecular weight excluding hydrogens is 280 g/mol. The molecule has 0 radical (unpaired) electrons. The number of nitrogens with one attached hydrogen (secondary N) is 1. The summed E-state index contributed by atoms with van der Waals surface area (Å²) in [5.41, 5.74) is 8.31. The zero-order valence-electron chi connectivity index (χ0n) is 12.3. The number of benzene rings is 2. The Morgan fingerprint density at radius 2 is 2.09 bits per heavy atom. The molecule has 0 saturated heterocycles. The molecule has 3 N–H and O–H groups in total. The molecule has 2 aromatic carbocycles. The number of nitrogen functional groups attached to an aromatic ring is 1. The second-order valence-electron chi connectivity index (χ2n) is 4.95. The first-order chi connectivity index (χ1) is 10.6. The summed E-state index contributed by atoms with van der Waals surface area (Å²) >= 11 is 0. The van der Waals surface area contributed by atoms with Crippen molar-refractivity contribution in [3.05, 3.63) is 48.2 Å². The Morgan fingerprint density at radius 3 is 2.82 bits per heavy atom. The van der Waals surface area contributed by atoms with Gasteiger partial charge in [0, 0.05) is 29.9 Å². The number of amides is 1. The van der Waals surface area contributed by atoms with Gasteiger partial charge in [-0.25, -0.2) is 0 Å². The Morgan fingerprint density at radius 1 is 1.27 bits per heavy atom. The first-order valence-electron chi connectivity index (χ1n) is 6.75. The third-order valence-electron chi connectivity index (χ3n) is 3.51. The average Bonchev–Trinajstić information content (AvgIpc) is 2.88. The summed E-state index contributed by atoms with van der Waals surface area (Å²) < 4.78 is 6.84. The van der Waals surface area contributed by atoms with Crippen LogP contribution in [-0.4, -0.2) is 22.8 Å². The number of aromatic nitrogens is 2. The molecule has 0 spiro atoms. The van der Waals surface area contributed by atoms with Gasteiger partial charge in [0.15, 0.2) is 0 Å². The second-order valence-corrected chi connectivity index (χ2v) is 4.95. The van der Waals surface area contributed by atoms with Gasteiger partial charge in [-0.1, -0.05) is 0 Å². The number of methoxy groups -OCH3 is 1. The average molecular weight is 296 g/mol. The lowest BCUT2D eigenvalue weighted by Gasteiger charge is -2.09. The minimum absolute atomic E-state index is 0.262. The van der Waals surface area contributed by atoms with E-state index in [1.807, 2.05) is 25.2 Å². The minimum atomic E-state index is -0.262. The van der Waals surface area contributed by atoms with Crippen LogP contribution in [0.15, 0.2) is 42.6 Å². The maximum atomic E-state index is 12.3. The van der Waals surface area contributed by atoms with Gasteiger partial charge in [-0.3, -0.25) is 9.48 Å². The molecule has 6 nitrogen and oxygen atoms in total. The molecular formula is C16H16N4O2. The van der Waals surface area contributed by atoms with E-state index in [2.05, 4.69) is 10.4 Å². The lowest BCUT2D eigenvalue weighted by Crippen LogP contribution is -2.14. The fourth-order valence-electron chi connectivity index (χ4n) is 2.29. The topological polar surface area (TPSA) is 82.2 Å². The predicted molar refractivity (Wildman–Crippen MR) is 86.1 cm³/mol. The molecule has 0 aliphatic heterocycles. The van der Waals surface area contributed by atoms with E-state index in [1.54, 1.807) is 36.2 Å². The largest absolute Gasteiger partial charge is 0.497 e. The van der Waals surface area contributed by atoms with Gasteiger partial charge in [-0.2, -0.15) is 5.10 Å². The number of carbonyl (C=O) groups is 1. The van der Waals surface area contributed by atoms with Gasteiger partial charge in [0.05, 0.1) is 24.4 Å². The Kier molecular flexibility index (Phi) is 3.42. The third kappa shape index (κ3) is 2.46. The molecule has 22 heavy (non-hydrogen) atoms. The van der Waals surface area contributed by atoms with Crippen LogP contribution in [0.25, 0.3) is 10.9 Å². The standard InChI is InChI=1S/C16H16N4O2/c1-20-15-7-11(4-3-10(15)9-18-20)19-16(21)13-6-5-12(22-2)8-14(13)17/h3-9H,17H2,1-2H3,(H,19,21). The summed E-state index contributed by atoms with van der Waals surface area (Å²) in [6.07, 6.45) is 1.78. The quantitative estimate of drug-likeness (QED) is 0.727. The number of ether oxygens (including phenoxy) is 1. The maximum absolute atomic E-state index is 12.3. The second kappa shape index (κ2) is 5.40. The van der Waals surface area contributed by atoms with Crippen LogP contribution in [0.4, 0.5) is 11.4 Å². The Hall–Kier alpha value is -3.02. The highest BCUT2D eigenvalue weighted by atomic mass is 16.5. The number of hydrogen-bond acceptors (Lipinski definition) is 4. The van der Waals surface area contributed by atoms with Crippen molar-refractivity contribution in [3.63, 3.8) is 0 Å². The molecule has 112 valence electrons. The first-order valence-corrected chi connectivity index (χ1v) is 6.75. The van der Waals surface area contributed by atoms with Crippen LogP contribution in [-0.2, 0) is 7.05 Å². The van der Waals surface area contributed by atoms with Crippen LogP contribution in [0.2, 0.25) is 0 Å². The van der Waals surface area contributed by atoms with Gasteiger partial charge >= 0.3 is 0 Å². The van der Waals surface area contributed by atoms with Crippen LogP contribution in [0, 0.1) is 0 Å². The molecule has 0 unspecified atom stereocenters. The highest BCUT2D eigenvalue weighted by molar-refractivity contribution is 6.08. The number of nitrogens with zero attached hydrogens (tertiary/aromatic N) is 2. The van der Waals surface area contributed by atoms with Crippen LogP contribution in [0.1, 0.15) is 10.4 Å². The lowest BCUT2D eigenvalue weighted by atomic mass is 10.1. The van der Waals surface area contributed by atoms with Gasteiger partial charge in [0.2, 0.25) is 0 Å². The maximum Gasteiger partial charge on any atom is 0.257 e. The highest BCUT2D eigenvalue weighted by Crippen LogP contribution is 2.22. The number of anilines is 2. The normalized spacial score (nSPS) is 10.6. The van der Waals surface area contributed by atoms with Crippen molar-refractivity contribution in [2.45, 2.75) is 0 Å². The minimum Gasteiger partial charge on any atom is -0.497 e. The summed E-state index contributed by atoms with van der Waals surface area (Å²) in [4.78, 5) is 12.3. The molecule has 1 heterocycles. The summed E-state index contributed by atoms with van der Waals surface area (Å²) in [7, 11) is 3.41. The monoisotopic (exact) mass is 296 g/mol. The van der Waals surface area contributed by atoms with Crippen molar-refractivity contribution in [2.24, 2.45) is 7.05 Å². The molecule has 1 aromatic heterocycles. The van der Waals surface area contributed by atoms with Crippen LogP contribution in [0.3, 0.4) is 0 Å². The molecule has 3 rings (SSSR count). The van der Waals surface area contributed by atoms with Gasteiger partial charge < -0.3 is 15.8 Å². The van der Waals surface area contributed by atoms with Crippen molar-refractivity contribution in [1.29, 1.82) is 0 Å². The SMILES string of the molecule is COc1ccc(C(=O)Nc2ccc3cnn(C)c3c2)c(N)c1. The van der Waals surface area contributed by atoms with E-state index in [1.165, 1.54) is 0 Å². The third-order valence-corrected chi connectivity index (χ3v) is 3.51. The molecule has 6 heteroatoms. The van der Waals surface area contributed by atoms with Crippen molar-refractivity contribution in [3.8, 4) is 5.75 Å². The Labute approximate surface area is 127 Å². The fourth-order valence-corrected chi connectivity index (χ4v) is 2.29. The number of rotatable bonds is 3. The molecule has 1 amide bonds. The number of nitrogens with two attached hydrogens (primary N) is 1. The van der Waals surface area contributed by atoms with Crippen LogP contribution < -0.4 is 15.8 Å². The summed E-state index contributed by atoms with van der Waals surface area (Å²) in [5, 5.41) is 8.04. The number of carbonyl (C=O) groups excluding carboxylic acids is 1. The lowest BCUT2D eigenvalue weighted by molar-refractivity contribution is 0.102. The number of hydrogen-bond donors (Lipinski definition) is 2. The Bertz CT molecular complexity index is 854. The summed E-state index contributed by atoms with van der Waals surface area (Å²) in [6.45, 7) is 0. The van der Waals surface area contributed by atoms with Crippen molar-refractivity contribution in [2.75, 3.05) is 18.2 Å². The van der Waals surface area contributed by atoms with E-state index in [-0.39, 0.29) is 5.91 Å². The smallest absolute Gasteiger partial charge is 0.257 e. The van der Waals surface area contributed by atoms with Gasteiger partial charge in [-0.05, 0) is 30.3 Å². The predicted octanol–water partition coefficient (Wildman–Crippen LogP) is 2.42. The first kappa shape index (κ1) is 13.9. The van der Waals surface area contributed by atoms with Crippen LogP contribution in [0.5, 0.6) is 5.75 Å². The van der Waals surface area contributed by atoms with Crippen molar-refractivity contribution in [1.82, 2.24) is 9.78 Å². The van der Waals surface area contributed by atoms with E-state index in [0.29, 0.717) is 22.7 Å². The summed E-state index contributed by atoms with van der Waals surface area (Å²) in [5.74, 6) is 0.354. The zero-order chi connectivity index (χ0) is 15.7. The van der Waals surface area contributed by atoms with Crippen molar-refractivity contribution >= 4 is 28.2 Å². The number of fused-ring (bicyclic) bond motifs is 1. The highest BCUT2D eigenvalue weighted by Gasteiger charge is 2.11. The molecule has 0 fully saturated rings.